The number of ether oxygens (including phenoxy) is 1. The number of rotatable bonds is 6. The van der Waals surface area contributed by atoms with Gasteiger partial charge in [-0.1, -0.05) is 20.8 Å². The molecule has 3 N–H and O–H groups in total. The number of amides is 1. The molecule has 0 aromatic rings. The van der Waals surface area contributed by atoms with E-state index in [1.165, 1.54) is 12.8 Å². The first-order valence-electron chi connectivity index (χ1n) is 7.50. The van der Waals surface area contributed by atoms with Crippen LogP contribution in [-0.4, -0.2) is 32.2 Å². The highest BCUT2D eigenvalue weighted by atomic mass is 16.5. The van der Waals surface area contributed by atoms with Crippen LogP contribution in [0.3, 0.4) is 0 Å². The second kappa shape index (κ2) is 7.85. The van der Waals surface area contributed by atoms with E-state index in [0.29, 0.717) is 31.7 Å². The number of nitrogens with two attached hydrogens (primary N) is 1. The molecule has 0 spiro atoms. The maximum Gasteiger partial charge on any atom is 0.223 e. The van der Waals surface area contributed by atoms with Gasteiger partial charge in [0.15, 0.2) is 0 Å². The summed E-state index contributed by atoms with van der Waals surface area (Å²) < 4.78 is 5.24. The molecule has 1 fully saturated rings. The highest BCUT2D eigenvalue weighted by Crippen LogP contribution is 2.39. The van der Waals surface area contributed by atoms with Gasteiger partial charge in [-0.15, -0.1) is 0 Å². The van der Waals surface area contributed by atoms with Gasteiger partial charge < -0.3 is 15.8 Å². The maximum absolute atomic E-state index is 12.0. The van der Waals surface area contributed by atoms with E-state index in [1.807, 2.05) is 0 Å². The summed E-state index contributed by atoms with van der Waals surface area (Å²) in [6.45, 7) is 9.14. The minimum absolute atomic E-state index is 0.198. The Morgan fingerprint density at radius 2 is 1.84 bits per heavy atom. The van der Waals surface area contributed by atoms with E-state index < -0.39 is 0 Å². The van der Waals surface area contributed by atoms with Gasteiger partial charge in [0.25, 0.3) is 0 Å². The number of carbonyl (C=O) groups is 1. The summed E-state index contributed by atoms with van der Waals surface area (Å²) >= 11 is 0. The van der Waals surface area contributed by atoms with Crippen LogP contribution < -0.4 is 11.1 Å². The van der Waals surface area contributed by atoms with Gasteiger partial charge in [0.05, 0.1) is 13.2 Å². The highest BCUT2D eigenvalue weighted by molar-refractivity contribution is 5.78. The van der Waals surface area contributed by atoms with Crippen LogP contribution in [0.2, 0.25) is 0 Å². The molecule has 4 nitrogen and oxygen atoms in total. The third kappa shape index (κ3) is 5.91. The Morgan fingerprint density at radius 1 is 1.21 bits per heavy atom. The lowest BCUT2D eigenvalue weighted by molar-refractivity contribution is -0.126. The second-order valence-electron chi connectivity index (χ2n) is 6.61. The maximum atomic E-state index is 12.0. The zero-order valence-corrected chi connectivity index (χ0v) is 12.7. The summed E-state index contributed by atoms with van der Waals surface area (Å²) in [5.74, 6) is 1.15. The molecule has 1 aliphatic carbocycles. The second-order valence-corrected chi connectivity index (χ2v) is 6.61. The van der Waals surface area contributed by atoms with E-state index in [9.17, 15) is 4.79 Å². The SMILES string of the molecule is CC(C)(C)C1CCC(C(=O)NCCOCCN)CC1. The lowest BCUT2D eigenvalue weighted by Gasteiger charge is -2.36. The lowest BCUT2D eigenvalue weighted by Crippen LogP contribution is -2.36. The number of hydrogen-bond donors (Lipinski definition) is 2. The highest BCUT2D eigenvalue weighted by Gasteiger charge is 2.32. The molecule has 0 atom stereocenters. The smallest absolute Gasteiger partial charge is 0.223 e. The van der Waals surface area contributed by atoms with Crippen molar-refractivity contribution in [2.24, 2.45) is 23.0 Å². The third-order valence-electron chi connectivity index (χ3n) is 4.13. The minimum atomic E-state index is 0.198. The third-order valence-corrected chi connectivity index (χ3v) is 4.13. The molecular formula is C15H30N2O2. The van der Waals surface area contributed by atoms with Crippen molar-refractivity contribution >= 4 is 5.91 Å². The molecule has 0 aromatic carbocycles. The molecule has 1 aliphatic rings. The fourth-order valence-electron chi connectivity index (χ4n) is 2.80. The van der Waals surface area contributed by atoms with Gasteiger partial charge in [-0.2, -0.15) is 0 Å². The van der Waals surface area contributed by atoms with Gasteiger partial charge in [0.1, 0.15) is 0 Å². The summed E-state index contributed by atoms with van der Waals surface area (Å²) in [6, 6.07) is 0. The van der Waals surface area contributed by atoms with Crippen LogP contribution in [-0.2, 0) is 9.53 Å². The summed E-state index contributed by atoms with van der Waals surface area (Å²) in [7, 11) is 0. The average Bonchev–Trinajstić information content (AvgIpc) is 2.37. The topological polar surface area (TPSA) is 64.3 Å². The summed E-state index contributed by atoms with van der Waals surface area (Å²) in [4.78, 5) is 12.0. The summed E-state index contributed by atoms with van der Waals surface area (Å²) in [5.41, 5.74) is 5.70. The van der Waals surface area contributed by atoms with Gasteiger partial charge in [-0.3, -0.25) is 4.79 Å². The van der Waals surface area contributed by atoms with Crippen molar-refractivity contribution in [1.82, 2.24) is 5.32 Å². The lowest BCUT2D eigenvalue weighted by atomic mass is 9.70. The largest absolute Gasteiger partial charge is 0.378 e. The predicted molar refractivity (Wildman–Crippen MR) is 77.8 cm³/mol. The molecule has 1 amide bonds. The Kier molecular flexibility index (Phi) is 6.80. The van der Waals surface area contributed by atoms with E-state index in [1.54, 1.807) is 0 Å². The Morgan fingerprint density at radius 3 is 2.37 bits per heavy atom. The molecular weight excluding hydrogens is 240 g/mol. The molecule has 0 radical (unpaired) electrons. The Balaban J connectivity index is 2.18. The normalized spacial score (nSPS) is 24.2. The van der Waals surface area contributed by atoms with E-state index in [4.69, 9.17) is 10.5 Å². The van der Waals surface area contributed by atoms with Crippen molar-refractivity contribution in [3.63, 3.8) is 0 Å². The van der Waals surface area contributed by atoms with Crippen LogP contribution >= 0.6 is 0 Å². The van der Waals surface area contributed by atoms with Crippen molar-refractivity contribution in [2.45, 2.75) is 46.5 Å². The van der Waals surface area contributed by atoms with Crippen LogP contribution in [0.4, 0.5) is 0 Å². The molecule has 0 unspecified atom stereocenters. The van der Waals surface area contributed by atoms with Gasteiger partial charge in [-0.25, -0.2) is 0 Å². The molecule has 19 heavy (non-hydrogen) atoms. The first kappa shape index (κ1) is 16.4. The van der Waals surface area contributed by atoms with Crippen molar-refractivity contribution in [3.8, 4) is 0 Å². The van der Waals surface area contributed by atoms with Crippen LogP contribution in [0.5, 0.6) is 0 Å². The molecule has 4 heteroatoms. The molecule has 0 bridgehead atoms. The number of nitrogens with one attached hydrogen (secondary N) is 1. The van der Waals surface area contributed by atoms with Crippen LogP contribution in [0, 0.1) is 17.3 Å². The van der Waals surface area contributed by atoms with Crippen molar-refractivity contribution in [1.29, 1.82) is 0 Å². The monoisotopic (exact) mass is 270 g/mol. The molecule has 1 saturated carbocycles. The van der Waals surface area contributed by atoms with Crippen molar-refractivity contribution in [2.75, 3.05) is 26.3 Å². The van der Waals surface area contributed by atoms with E-state index in [0.717, 1.165) is 18.8 Å². The fourth-order valence-corrected chi connectivity index (χ4v) is 2.80. The molecule has 0 saturated heterocycles. The fraction of sp³-hybridized carbons (Fsp3) is 0.933. The van der Waals surface area contributed by atoms with Crippen LogP contribution in [0.25, 0.3) is 0 Å². The summed E-state index contributed by atoms with van der Waals surface area (Å²) in [5, 5.41) is 2.96. The van der Waals surface area contributed by atoms with E-state index in [-0.39, 0.29) is 11.8 Å². The quantitative estimate of drug-likeness (QED) is 0.725. The molecule has 0 aliphatic heterocycles. The Bertz CT molecular complexity index is 266. The standard InChI is InChI=1S/C15H30N2O2/c1-15(2,3)13-6-4-12(5-7-13)14(18)17-9-11-19-10-8-16/h12-13H,4-11,16H2,1-3H3,(H,17,18). The Hall–Kier alpha value is -0.610. The number of carbonyl (C=O) groups excluding carboxylic acids is 1. The van der Waals surface area contributed by atoms with Gasteiger partial charge in [0, 0.05) is 19.0 Å². The van der Waals surface area contributed by atoms with Gasteiger partial charge in [0.2, 0.25) is 5.91 Å². The predicted octanol–water partition coefficient (Wildman–Crippen LogP) is 1.93. The van der Waals surface area contributed by atoms with Gasteiger partial charge >= 0.3 is 0 Å². The van der Waals surface area contributed by atoms with E-state index >= 15 is 0 Å². The first-order chi connectivity index (χ1) is 8.95. The zero-order chi connectivity index (χ0) is 14.3. The van der Waals surface area contributed by atoms with Crippen molar-refractivity contribution in [3.05, 3.63) is 0 Å². The van der Waals surface area contributed by atoms with Crippen molar-refractivity contribution < 1.29 is 9.53 Å². The van der Waals surface area contributed by atoms with Crippen LogP contribution in [0.15, 0.2) is 0 Å². The zero-order valence-electron chi connectivity index (χ0n) is 12.7. The molecule has 1 rings (SSSR count). The molecule has 0 heterocycles. The van der Waals surface area contributed by atoms with E-state index in [2.05, 4.69) is 26.1 Å². The molecule has 112 valence electrons. The number of hydrogen-bond acceptors (Lipinski definition) is 3. The molecule has 0 aromatic heterocycles. The summed E-state index contributed by atoms with van der Waals surface area (Å²) in [6.07, 6.45) is 4.39. The Labute approximate surface area is 117 Å². The first-order valence-corrected chi connectivity index (χ1v) is 7.50. The van der Waals surface area contributed by atoms with Gasteiger partial charge in [-0.05, 0) is 37.0 Å². The van der Waals surface area contributed by atoms with Crippen LogP contribution in [0.1, 0.15) is 46.5 Å². The average molecular weight is 270 g/mol. The minimum Gasteiger partial charge on any atom is -0.378 e.